The topological polar surface area (TPSA) is 58.6 Å². The molecule has 16 heavy (non-hydrogen) atoms. The van der Waals surface area contributed by atoms with Crippen LogP contribution in [-0.2, 0) is 14.8 Å². The van der Waals surface area contributed by atoms with E-state index < -0.39 is 10.0 Å². The molecule has 0 aromatic rings. The van der Waals surface area contributed by atoms with E-state index in [9.17, 15) is 8.42 Å². The van der Waals surface area contributed by atoms with Crippen LogP contribution >= 0.6 is 0 Å². The first kappa shape index (κ1) is 12.3. The molecule has 2 heterocycles. The van der Waals surface area contributed by atoms with Crippen LogP contribution in [0.25, 0.3) is 0 Å². The van der Waals surface area contributed by atoms with Gasteiger partial charge in [0.2, 0.25) is 10.0 Å². The van der Waals surface area contributed by atoms with Gasteiger partial charge in [0, 0.05) is 19.1 Å². The number of rotatable bonds is 4. The van der Waals surface area contributed by atoms with Crippen molar-refractivity contribution in [1.29, 1.82) is 0 Å². The largest absolute Gasteiger partial charge is 0.374 e. The van der Waals surface area contributed by atoms with Gasteiger partial charge in [0.15, 0.2) is 0 Å². The zero-order chi connectivity index (χ0) is 11.6. The molecule has 0 aliphatic carbocycles. The molecule has 2 aliphatic rings. The zero-order valence-corrected chi connectivity index (χ0v) is 10.5. The zero-order valence-electron chi connectivity index (χ0n) is 9.68. The minimum Gasteiger partial charge on any atom is -0.374 e. The summed E-state index contributed by atoms with van der Waals surface area (Å²) >= 11 is 0. The number of morpholine rings is 1. The summed E-state index contributed by atoms with van der Waals surface area (Å²) in [7, 11) is -3.09. The van der Waals surface area contributed by atoms with E-state index in [4.69, 9.17) is 4.74 Å². The molecule has 0 amide bonds. The third kappa shape index (κ3) is 2.94. The van der Waals surface area contributed by atoms with Gasteiger partial charge in [-0.1, -0.05) is 0 Å². The molecular formula is C10H20N2O3S. The molecule has 0 bridgehead atoms. The predicted octanol–water partition coefficient (Wildman–Crippen LogP) is -0.211. The predicted molar refractivity (Wildman–Crippen MR) is 61.8 cm³/mol. The van der Waals surface area contributed by atoms with Crippen molar-refractivity contribution < 1.29 is 13.2 Å². The van der Waals surface area contributed by atoms with Crippen LogP contribution in [0.1, 0.15) is 19.8 Å². The molecule has 0 aromatic heterocycles. The maximum atomic E-state index is 11.3. The summed E-state index contributed by atoms with van der Waals surface area (Å²) in [5, 5.41) is 0. The van der Waals surface area contributed by atoms with E-state index in [1.807, 2.05) is 0 Å². The van der Waals surface area contributed by atoms with Crippen molar-refractivity contribution in [3.8, 4) is 0 Å². The van der Waals surface area contributed by atoms with E-state index in [0.29, 0.717) is 12.6 Å². The lowest BCUT2D eigenvalue weighted by molar-refractivity contribution is -0.0448. The van der Waals surface area contributed by atoms with Crippen LogP contribution in [0.5, 0.6) is 0 Å². The molecule has 2 fully saturated rings. The van der Waals surface area contributed by atoms with Crippen molar-refractivity contribution >= 4 is 10.0 Å². The highest BCUT2D eigenvalue weighted by atomic mass is 32.2. The second-order valence-electron chi connectivity index (χ2n) is 4.50. The van der Waals surface area contributed by atoms with Crippen LogP contribution in [0.3, 0.4) is 0 Å². The molecule has 5 nitrogen and oxygen atoms in total. The van der Waals surface area contributed by atoms with Gasteiger partial charge in [-0.25, -0.2) is 13.1 Å². The lowest BCUT2D eigenvalue weighted by atomic mass is 10.2. The van der Waals surface area contributed by atoms with Crippen LogP contribution in [-0.4, -0.2) is 57.5 Å². The highest BCUT2D eigenvalue weighted by Gasteiger charge is 2.32. The van der Waals surface area contributed by atoms with Crippen molar-refractivity contribution in [3.05, 3.63) is 0 Å². The Hall–Kier alpha value is -0.170. The molecule has 0 spiro atoms. The summed E-state index contributed by atoms with van der Waals surface area (Å²) in [5.74, 6) is 0.131. The quantitative estimate of drug-likeness (QED) is 0.748. The van der Waals surface area contributed by atoms with Crippen LogP contribution in [0.2, 0.25) is 0 Å². The van der Waals surface area contributed by atoms with Gasteiger partial charge in [-0.15, -0.1) is 0 Å². The molecule has 0 saturated carbocycles. The molecule has 2 unspecified atom stereocenters. The molecule has 2 saturated heterocycles. The standard InChI is InChI=1S/C10H20N2O3S/c1-2-16(13,14)11-6-10-7-12-5-3-4-9(12)8-15-10/h9-11H,2-8H2,1H3. The van der Waals surface area contributed by atoms with Crippen LogP contribution in [0.4, 0.5) is 0 Å². The second-order valence-corrected chi connectivity index (χ2v) is 6.59. The highest BCUT2D eigenvalue weighted by molar-refractivity contribution is 7.89. The van der Waals surface area contributed by atoms with Crippen LogP contribution in [0.15, 0.2) is 0 Å². The Morgan fingerprint density at radius 3 is 3.06 bits per heavy atom. The maximum absolute atomic E-state index is 11.3. The Labute approximate surface area is 97.2 Å². The van der Waals surface area contributed by atoms with E-state index in [2.05, 4.69) is 9.62 Å². The van der Waals surface area contributed by atoms with Gasteiger partial charge >= 0.3 is 0 Å². The second kappa shape index (κ2) is 5.00. The van der Waals surface area contributed by atoms with Gasteiger partial charge in [0.05, 0.1) is 18.5 Å². The van der Waals surface area contributed by atoms with E-state index in [-0.39, 0.29) is 11.9 Å². The SMILES string of the molecule is CCS(=O)(=O)NCC1CN2CCCC2CO1. The van der Waals surface area contributed by atoms with Crippen molar-refractivity contribution in [3.63, 3.8) is 0 Å². The van der Waals surface area contributed by atoms with Gasteiger partial charge in [-0.2, -0.15) is 0 Å². The number of hydrogen-bond donors (Lipinski definition) is 1. The molecule has 2 rings (SSSR count). The molecule has 1 N–H and O–H groups in total. The molecule has 2 aliphatic heterocycles. The first-order valence-electron chi connectivity index (χ1n) is 5.93. The number of ether oxygens (including phenoxy) is 1. The Morgan fingerprint density at radius 1 is 1.50 bits per heavy atom. The van der Waals surface area contributed by atoms with Gasteiger partial charge < -0.3 is 4.74 Å². The first-order valence-corrected chi connectivity index (χ1v) is 7.59. The summed E-state index contributed by atoms with van der Waals surface area (Å²) in [4.78, 5) is 2.41. The number of sulfonamides is 1. The molecule has 2 atom stereocenters. The van der Waals surface area contributed by atoms with Gasteiger partial charge in [-0.3, -0.25) is 4.90 Å². The average molecular weight is 248 g/mol. The monoisotopic (exact) mass is 248 g/mol. The number of fused-ring (bicyclic) bond motifs is 1. The first-order chi connectivity index (χ1) is 7.61. The number of nitrogens with zero attached hydrogens (tertiary/aromatic N) is 1. The van der Waals surface area contributed by atoms with Crippen molar-refractivity contribution in [1.82, 2.24) is 9.62 Å². The van der Waals surface area contributed by atoms with E-state index in [0.717, 1.165) is 19.7 Å². The van der Waals surface area contributed by atoms with Crippen LogP contribution < -0.4 is 4.72 Å². The normalized spacial score (nSPS) is 31.6. The molecule has 0 aromatic carbocycles. The molecule has 0 radical (unpaired) electrons. The summed E-state index contributed by atoms with van der Waals surface area (Å²) in [6, 6.07) is 0.569. The third-order valence-electron chi connectivity index (χ3n) is 3.37. The molecule has 6 heteroatoms. The lowest BCUT2D eigenvalue weighted by Crippen LogP contribution is -2.50. The Morgan fingerprint density at radius 2 is 2.31 bits per heavy atom. The van der Waals surface area contributed by atoms with Crippen molar-refractivity contribution in [2.45, 2.75) is 31.9 Å². The fourth-order valence-electron chi connectivity index (χ4n) is 2.33. The third-order valence-corrected chi connectivity index (χ3v) is 4.74. The minimum absolute atomic E-state index is 0.00988. The fourth-order valence-corrected chi connectivity index (χ4v) is 2.98. The Kier molecular flexibility index (Phi) is 3.84. The van der Waals surface area contributed by atoms with Gasteiger partial charge in [-0.05, 0) is 26.3 Å². The van der Waals surface area contributed by atoms with Gasteiger partial charge in [0.25, 0.3) is 0 Å². The van der Waals surface area contributed by atoms with E-state index in [1.54, 1.807) is 6.92 Å². The molecule has 94 valence electrons. The molecular weight excluding hydrogens is 228 g/mol. The van der Waals surface area contributed by atoms with Crippen LogP contribution in [0, 0.1) is 0 Å². The van der Waals surface area contributed by atoms with Gasteiger partial charge in [0.1, 0.15) is 0 Å². The number of nitrogens with one attached hydrogen (secondary N) is 1. The highest BCUT2D eigenvalue weighted by Crippen LogP contribution is 2.22. The van der Waals surface area contributed by atoms with Crippen molar-refractivity contribution in [2.75, 3.05) is 32.0 Å². The van der Waals surface area contributed by atoms with E-state index >= 15 is 0 Å². The summed E-state index contributed by atoms with van der Waals surface area (Å²) in [6.07, 6.45) is 2.46. The van der Waals surface area contributed by atoms with E-state index in [1.165, 1.54) is 12.8 Å². The summed E-state index contributed by atoms with van der Waals surface area (Å²) < 4.78 is 30.8. The average Bonchev–Trinajstić information content (AvgIpc) is 2.73. The summed E-state index contributed by atoms with van der Waals surface area (Å²) in [6.45, 7) is 4.78. The van der Waals surface area contributed by atoms with Crippen molar-refractivity contribution in [2.24, 2.45) is 0 Å². The Balaban J connectivity index is 1.79. The maximum Gasteiger partial charge on any atom is 0.211 e. The smallest absolute Gasteiger partial charge is 0.211 e. The number of hydrogen-bond acceptors (Lipinski definition) is 4. The summed E-state index contributed by atoms with van der Waals surface area (Å²) in [5.41, 5.74) is 0. The fraction of sp³-hybridized carbons (Fsp3) is 1.00. The minimum atomic E-state index is -3.09. The Bertz CT molecular complexity index is 331. The lowest BCUT2D eigenvalue weighted by Gasteiger charge is -2.35.